The van der Waals surface area contributed by atoms with Gasteiger partial charge in [-0.25, -0.2) is 9.18 Å². The first kappa shape index (κ1) is 20.4. The molecule has 1 aromatic heterocycles. The molecule has 0 radical (unpaired) electrons. The molecule has 8 nitrogen and oxygen atoms in total. The summed E-state index contributed by atoms with van der Waals surface area (Å²) in [7, 11) is 1.35. The summed E-state index contributed by atoms with van der Waals surface area (Å²) in [6.07, 6.45) is 2.56. The molecule has 2 amide bonds. The first-order valence-electron chi connectivity index (χ1n) is 8.01. The highest BCUT2D eigenvalue weighted by atomic mass is 19.1. The molecule has 0 aliphatic carbocycles. The molecule has 2 aromatic rings. The number of anilines is 1. The van der Waals surface area contributed by atoms with Crippen LogP contribution in [0.25, 0.3) is 6.08 Å². The number of nitrogens with one attached hydrogen (secondary N) is 1. The van der Waals surface area contributed by atoms with Crippen LogP contribution in [0.1, 0.15) is 5.76 Å². The third kappa shape index (κ3) is 6.10. The van der Waals surface area contributed by atoms with Crippen molar-refractivity contribution >= 4 is 29.5 Å². The number of likely N-dealkylation sites (N-methyl/N-ethyl adjacent to an activating group) is 1. The number of nitriles is 1. The third-order valence-electron chi connectivity index (χ3n) is 3.43. The second-order valence-electron chi connectivity index (χ2n) is 5.57. The van der Waals surface area contributed by atoms with Crippen molar-refractivity contribution in [2.24, 2.45) is 0 Å². The molecule has 0 saturated heterocycles. The van der Waals surface area contributed by atoms with Gasteiger partial charge in [-0.05, 0) is 36.4 Å². The number of amides is 2. The molecule has 2 rings (SSSR count). The average Bonchev–Trinajstić information content (AvgIpc) is 3.18. The smallest absolute Gasteiger partial charge is 0.349 e. The lowest BCUT2D eigenvalue weighted by atomic mass is 10.2. The Balaban J connectivity index is 1.82. The lowest BCUT2D eigenvalue weighted by molar-refractivity contribution is -0.148. The Kier molecular flexibility index (Phi) is 7.05. The number of carbonyl (C=O) groups excluding carboxylic acids is 3. The molecule has 0 unspecified atom stereocenters. The van der Waals surface area contributed by atoms with Gasteiger partial charge in [-0.3, -0.25) is 9.59 Å². The molecular weight excluding hydrogens is 369 g/mol. The molecular formula is C19H16FN3O5. The molecule has 144 valence electrons. The van der Waals surface area contributed by atoms with Crippen LogP contribution in [0.15, 0.2) is 52.7 Å². The van der Waals surface area contributed by atoms with Gasteiger partial charge in [0.15, 0.2) is 6.61 Å². The quantitative estimate of drug-likeness (QED) is 0.443. The fourth-order valence-electron chi connectivity index (χ4n) is 2.01. The Hall–Kier alpha value is -3.93. The van der Waals surface area contributed by atoms with E-state index in [2.05, 4.69) is 5.32 Å². The van der Waals surface area contributed by atoms with Crippen molar-refractivity contribution in [3.05, 3.63) is 59.8 Å². The van der Waals surface area contributed by atoms with Crippen molar-refractivity contribution in [1.82, 2.24) is 4.90 Å². The average molecular weight is 385 g/mol. The van der Waals surface area contributed by atoms with Crippen molar-refractivity contribution < 1.29 is 27.9 Å². The number of rotatable bonds is 7. The number of benzene rings is 1. The summed E-state index contributed by atoms with van der Waals surface area (Å²) >= 11 is 0. The van der Waals surface area contributed by atoms with E-state index in [9.17, 15) is 18.8 Å². The molecule has 1 aromatic carbocycles. The molecule has 0 saturated carbocycles. The van der Waals surface area contributed by atoms with Crippen molar-refractivity contribution in [3.63, 3.8) is 0 Å². The van der Waals surface area contributed by atoms with Crippen molar-refractivity contribution in [2.75, 3.05) is 25.5 Å². The van der Waals surface area contributed by atoms with E-state index in [1.807, 2.05) is 0 Å². The van der Waals surface area contributed by atoms with Crippen LogP contribution in [0.3, 0.4) is 0 Å². The second kappa shape index (κ2) is 9.68. The standard InChI is InChI=1S/C19H16FN3O5/c1-23(11-17(24)22-15-6-4-14(20)5-7-15)18(25)12-28-19(26)13(10-21)9-16-3-2-8-27-16/h2-9H,11-12H2,1H3,(H,22,24)/b13-9+. The molecule has 0 spiro atoms. The van der Waals surface area contributed by atoms with Crippen LogP contribution in [0, 0.1) is 17.1 Å². The zero-order valence-corrected chi connectivity index (χ0v) is 14.8. The number of furan rings is 1. The second-order valence-corrected chi connectivity index (χ2v) is 5.57. The van der Waals surface area contributed by atoms with Gasteiger partial charge < -0.3 is 19.4 Å². The van der Waals surface area contributed by atoms with E-state index >= 15 is 0 Å². The molecule has 0 aliphatic heterocycles. The molecule has 1 heterocycles. The maximum atomic E-state index is 12.8. The summed E-state index contributed by atoms with van der Waals surface area (Å²) in [6.45, 7) is -0.947. The minimum atomic E-state index is -0.989. The first-order chi connectivity index (χ1) is 13.4. The predicted molar refractivity (Wildman–Crippen MR) is 95.9 cm³/mol. The Morgan fingerprint density at radius 1 is 1.29 bits per heavy atom. The minimum Gasteiger partial charge on any atom is -0.465 e. The molecule has 9 heteroatoms. The highest BCUT2D eigenvalue weighted by Gasteiger charge is 2.17. The van der Waals surface area contributed by atoms with E-state index < -0.39 is 30.2 Å². The maximum absolute atomic E-state index is 12.8. The summed E-state index contributed by atoms with van der Waals surface area (Å²) in [5.74, 6) is -2.29. The molecule has 0 atom stereocenters. The van der Waals surface area contributed by atoms with Gasteiger partial charge in [0.25, 0.3) is 5.91 Å². The zero-order chi connectivity index (χ0) is 20.5. The lowest BCUT2D eigenvalue weighted by Crippen LogP contribution is -2.37. The SMILES string of the molecule is CN(CC(=O)Nc1ccc(F)cc1)C(=O)COC(=O)/C(C#N)=C/c1ccco1. The van der Waals surface area contributed by atoms with Crippen LogP contribution in [-0.2, 0) is 19.1 Å². The van der Waals surface area contributed by atoms with Crippen LogP contribution < -0.4 is 5.32 Å². The van der Waals surface area contributed by atoms with Crippen LogP contribution in [-0.4, -0.2) is 42.9 Å². The summed E-state index contributed by atoms with van der Waals surface area (Å²) in [4.78, 5) is 36.9. The number of nitrogens with zero attached hydrogens (tertiary/aromatic N) is 2. The highest BCUT2D eigenvalue weighted by Crippen LogP contribution is 2.09. The Labute approximate surface area is 159 Å². The Bertz CT molecular complexity index is 914. The molecule has 0 bridgehead atoms. The number of halogens is 1. The van der Waals surface area contributed by atoms with Gasteiger partial charge in [-0.1, -0.05) is 0 Å². The monoisotopic (exact) mass is 385 g/mol. The van der Waals surface area contributed by atoms with Gasteiger partial charge in [0.05, 0.1) is 12.8 Å². The number of ether oxygens (including phenoxy) is 1. The minimum absolute atomic E-state index is 0.286. The van der Waals surface area contributed by atoms with E-state index in [0.717, 1.165) is 4.90 Å². The van der Waals surface area contributed by atoms with Gasteiger partial charge in [0.1, 0.15) is 23.2 Å². The largest absolute Gasteiger partial charge is 0.465 e. The van der Waals surface area contributed by atoms with E-state index in [-0.39, 0.29) is 17.9 Å². The van der Waals surface area contributed by atoms with Gasteiger partial charge in [0.2, 0.25) is 5.91 Å². The van der Waals surface area contributed by atoms with Gasteiger partial charge in [0, 0.05) is 18.8 Å². The van der Waals surface area contributed by atoms with Gasteiger partial charge >= 0.3 is 5.97 Å². The fraction of sp³-hybridized carbons (Fsp3) is 0.158. The zero-order valence-electron chi connectivity index (χ0n) is 14.8. The molecule has 1 N–H and O–H groups in total. The molecule has 0 aliphatic rings. The summed E-state index contributed by atoms with van der Waals surface area (Å²) < 4.78 is 22.6. The number of carbonyl (C=O) groups is 3. The van der Waals surface area contributed by atoms with E-state index in [4.69, 9.17) is 14.4 Å². The Morgan fingerprint density at radius 2 is 2.00 bits per heavy atom. The van der Waals surface area contributed by atoms with Gasteiger partial charge in [-0.15, -0.1) is 0 Å². The highest BCUT2D eigenvalue weighted by molar-refractivity contribution is 5.99. The topological polar surface area (TPSA) is 113 Å². The van der Waals surface area contributed by atoms with Crippen LogP contribution in [0.2, 0.25) is 0 Å². The van der Waals surface area contributed by atoms with Crippen molar-refractivity contribution in [3.8, 4) is 6.07 Å². The van der Waals surface area contributed by atoms with Crippen LogP contribution in [0.4, 0.5) is 10.1 Å². The predicted octanol–water partition coefficient (Wildman–Crippen LogP) is 1.97. The lowest BCUT2D eigenvalue weighted by Gasteiger charge is -2.16. The third-order valence-corrected chi connectivity index (χ3v) is 3.43. The fourth-order valence-corrected chi connectivity index (χ4v) is 2.01. The van der Waals surface area contributed by atoms with Crippen molar-refractivity contribution in [2.45, 2.75) is 0 Å². The summed E-state index contributed by atoms with van der Waals surface area (Å²) in [5.41, 5.74) is 0.0415. The summed E-state index contributed by atoms with van der Waals surface area (Å²) in [5, 5.41) is 11.5. The number of hydrogen-bond donors (Lipinski definition) is 1. The van der Waals surface area contributed by atoms with Crippen LogP contribution >= 0.6 is 0 Å². The number of esters is 1. The Morgan fingerprint density at radius 3 is 2.61 bits per heavy atom. The van der Waals surface area contributed by atoms with Crippen molar-refractivity contribution in [1.29, 1.82) is 5.26 Å². The first-order valence-corrected chi connectivity index (χ1v) is 8.01. The van der Waals surface area contributed by atoms with E-state index in [0.29, 0.717) is 5.69 Å². The normalized spacial score (nSPS) is 10.7. The molecule has 0 fully saturated rings. The van der Waals surface area contributed by atoms with Gasteiger partial charge in [-0.2, -0.15) is 5.26 Å². The summed E-state index contributed by atoms with van der Waals surface area (Å²) in [6, 6.07) is 9.93. The molecule has 28 heavy (non-hydrogen) atoms. The van der Waals surface area contributed by atoms with E-state index in [1.54, 1.807) is 18.2 Å². The maximum Gasteiger partial charge on any atom is 0.349 e. The van der Waals surface area contributed by atoms with E-state index in [1.165, 1.54) is 43.7 Å². The number of hydrogen-bond acceptors (Lipinski definition) is 6. The van der Waals surface area contributed by atoms with Crippen LogP contribution in [0.5, 0.6) is 0 Å².